The number of amides is 1. The van der Waals surface area contributed by atoms with Gasteiger partial charge in [-0.25, -0.2) is 4.68 Å². The molecule has 1 unspecified atom stereocenters. The van der Waals surface area contributed by atoms with E-state index in [1.807, 2.05) is 24.3 Å². The number of hydrogen-bond acceptors (Lipinski definition) is 4. The van der Waals surface area contributed by atoms with E-state index < -0.39 is 11.6 Å². The largest absolute Gasteiger partial charge is 0.371 e. The first-order valence-corrected chi connectivity index (χ1v) is 7.27. The Morgan fingerprint density at radius 3 is 2.82 bits per heavy atom. The van der Waals surface area contributed by atoms with E-state index in [0.717, 1.165) is 15.8 Å². The lowest BCUT2D eigenvalue weighted by atomic mass is 10.0. The lowest BCUT2D eigenvalue weighted by Gasteiger charge is -2.17. The van der Waals surface area contributed by atoms with Crippen molar-refractivity contribution in [3.8, 4) is 0 Å². The molecule has 0 saturated carbocycles. The summed E-state index contributed by atoms with van der Waals surface area (Å²) >= 11 is 6.04. The Hall–Kier alpha value is -2.34. The van der Waals surface area contributed by atoms with Crippen LogP contribution in [0.3, 0.4) is 0 Å². The van der Waals surface area contributed by atoms with Crippen molar-refractivity contribution in [2.75, 3.05) is 5.32 Å². The highest BCUT2D eigenvalue weighted by Crippen LogP contribution is 2.20. The van der Waals surface area contributed by atoms with Gasteiger partial charge in [-0.3, -0.25) is 9.59 Å². The maximum atomic E-state index is 12.2. The van der Waals surface area contributed by atoms with Crippen LogP contribution in [0, 0.1) is 0 Å². The van der Waals surface area contributed by atoms with Gasteiger partial charge in [0.25, 0.3) is 5.56 Å². The predicted octanol–water partition coefficient (Wildman–Crippen LogP) is 1.09. The summed E-state index contributed by atoms with van der Waals surface area (Å²) in [6.07, 6.45) is 1.97. The van der Waals surface area contributed by atoms with Gasteiger partial charge < -0.3 is 10.6 Å². The third-order valence-electron chi connectivity index (χ3n) is 3.72. The first-order chi connectivity index (χ1) is 10.6. The molecule has 2 N–H and O–H groups in total. The van der Waals surface area contributed by atoms with Gasteiger partial charge in [-0.2, -0.15) is 5.10 Å². The molecule has 0 aliphatic carbocycles. The topological polar surface area (TPSA) is 76.0 Å². The zero-order valence-electron chi connectivity index (χ0n) is 12.0. The van der Waals surface area contributed by atoms with Crippen LogP contribution in [0.2, 0.25) is 5.02 Å². The number of aromatic nitrogens is 2. The van der Waals surface area contributed by atoms with Crippen LogP contribution in [-0.2, 0) is 24.8 Å². The lowest BCUT2D eigenvalue weighted by Crippen LogP contribution is -2.39. The molecule has 7 heteroatoms. The normalized spacial score (nSPS) is 17.4. The Morgan fingerprint density at radius 1 is 1.32 bits per heavy atom. The Bertz CT molecular complexity index is 787. The monoisotopic (exact) mass is 318 g/mol. The highest BCUT2D eigenvalue weighted by molar-refractivity contribution is 6.33. The van der Waals surface area contributed by atoms with Gasteiger partial charge in [0, 0.05) is 20.0 Å². The maximum Gasteiger partial charge on any atom is 0.287 e. The summed E-state index contributed by atoms with van der Waals surface area (Å²) in [5.74, 6) is -0.132. The molecular weight excluding hydrogens is 304 g/mol. The molecule has 22 heavy (non-hydrogen) atoms. The number of nitrogens with zero attached hydrogens (tertiary/aromatic N) is 2. The standard InChI is InChI=1S/C15H15ClN4O2/c1-20-15(22)13(16)12(8-18-20)19-11-6-9-4-2-3-5-10(9)7-17-14(11)21/h2-5,8,11,19H,6-7H2,1H3,(H,17,21). The SMILES string of the molecule is Cn1ncc(NC2Cc3ccccc3CNC2=O)c(Cl)c1=O. The molecule has 0 saturated heterocycles. The minimum Gasteiger partial charge on any atom is -0.371 e. The zero-order chi connectivity index (χ0) is 15.7. The Labute approximate surface area is 132 Å². The molecule has 1 amide bonds. The van der Waals surface area contributed by atoms with Crippen molar-refractivity contribution in [2.45, 2.75) is 19.0 Å². The third kappa shape index (κ3) is 2.69. The lowest BCUT2D eigenvalue weighted by molar-refractivity contribution is -0.121. The fourth-order valence-corrected chi connectivity index (χ4v) is 2.69. The van der Waals surface area contributed by atoms with Crippen molar-refractivity contribution < 1.29 is 4.79 Å². The van der Waals surface area contributed by atoms with E-state index in [1.54, 1.807) is 0 Å². The van der Waals surface area contributed by atoms with E-state index in [0.29, 0.717) is 18.7 Å². The van der Waals surface area contributed by atoms with E-state index in [4.69, 9.17) is 11.6 Å². The van der Waals surface area contributed by atoms with Crippen LogP contribution in [-0.4, -0.2) is 21.7 Å². The molecule has 0 bridgehead atoms. The van der Waals surface area contributed by atoms with Crippen molar-refractivity contribution in [1.82, 2.24) is 15.1 Å². The van der Waals surface area contributed by atoms with E-state index in [2.05, 4.69) is 15.7 Å². The number of anilines is 1. The fraction of sp³-hybridized carbons (Fsp3) is 0.267. The Kier molecular flexibility index (Phi) is 3.85. The van der Waals surface area contributed by atoms with Gasteiger partial charge in [0.1, 0.15) is 11.1 Å². The average Bonchev–Trinajstić information content (AvgIpc) is 2.68. The van der Waals surface area contributed by atoms with Gasteiger partial charge in [0.05, 0.1) is 11.9 Å². The van der Waals surface area contributed by atoms with Gasteiger partial charge in [-0.15, -0.1) is 0 Å². The quantitative estimate of drug-likeness (QED) is 0.869. The molecule has 1 aliphatic rings. The number of carbonyl (C=O) groups excluding carboxylic acids is 1. The van der Waals surface area contributed by atoms with Crippen molar-refractivity contribution in [3.05, 3.63) is 57.0 Å². The zero-order valence-corrected chi connectivity index (χ0v) is 12.7. The van der Waals surface area contributed by atoms with Crippen LogP contribution < -0.4 is 16.2 Å². The number of nitrogens with one attached hydrogen (secondary N) is 2. The highest BCUT2D eigenvalue weighted by Gasteiger charge is 2.24. The van der Waals surface area contributed by atoms with Crippen molar-refractivity contribution >= 4 is 23.2 Å². The van der Waals surface area contributed by atoms with Gasteiger partial charge in [-0.1, -0.05) is 35.9 Å². The average molecular weight is 319 g/mol. The van der Waals surface area contributed by atoms with Crippen LogP contribution in [0.4, 0.5) is 5.69 Å². The minimum absolute atomic E-state index is 0.0304. The molecule has 1 aliphatic heterocycles. The summed E-state index contributed by atoms with van der Waals surface area (Å²) in [4.78, 5) is 24.0. The number of carbonyl (C=O) groups is 1. The van der Waals surface area contributed by atoms with Crippen LogP contribution in [0.1, 0.15) is 11.1 Å². The van der Waals surface area contributed by atoms with Crippen molar-refractivity contribution in [1.29, 1.82) is 0 Å². The second-order valence-corrected chi connectivity index (χ2v) is 5.57. The van der Waals surface area contributed by atoms with Gasteiger partial charge in [0.15, 0.2) is 0 Å². The van der Waals surface area contributed by atoms with Crippen LogP contribution in [0.15, 0.2) is 35.3 Å². The van der Waals surface area contributed by atoms with Gasteiger partial charge >= 0.3 is 0 Å². The van der Waals surface area contributed by atoms with Gasteiger partial charge in [-0.05, 0) is 11.1 Å². The summed E-state index contributed by atoms with van der Waals surface area (Å²) in [5, 5.41) is 9.85. The third-order valence-corrected chi connectivity index (χ3v) is 4.09. The van der Waals surface area contributed by atoms with Crippen LogP contribution in [0.5, 0.6) is 0 Å². The van der Waals surface area contributed by atoms with E-state index in [9.17, 15) is 9.59 Å². The van der Waals surface area contributed by atoms with Crippen molar-refractivity contribution in [3.63, 3.8) is 0 Å². The molecule has 1 aromatic carbocycles. The number of halogens is 1. The minimum atomic E-state index is -0.505. The number of aryl methyl sites for hydroxylation is 1. The van der Waals surface area contributed by atoms with Crippen molar-refractivity contribution in [2.24, 2.45) is 7.05 Å². The second kappa shape index (κ2) is 5.81. The first-order valence-electron chi connectivity index (χ1n) is 6.89. The molecule has 6 nitrogen and oxygen atoms in total. The molecule has 1 aromatic heterocycles. The predicted molar refractivity (Wildman–Crippen MR) is 83.9 cm³/mol. The summed E-state index contributed by atoms with van der Waals surface area (Å²) in [5.41, 5.74) is 2.14. The second-order valence-electron chi connectivity index (χ2n) is 5.19. The van der Waals surface area contributed by atoms with Crippen LogP contribution in [0.25, 0.3) is 0 Å². The van der Waals surface area contributed by atoms with E-state index in [1.165, 1.54) is 13.2 Å². The molecule has 114 valence electrons. The molecule has 1 atom stereocenters. The molecule has 0 spiro atoms. The first kappa shape index (κ1) is 14.6. The summed E-state index contributed by atoms with van der Waals surface area (Å²) in [6.45, 7) is 0.496. The fourth-order valence-electron chi connectivity index (χ4n) is 2.46. The number of fused-ring (bicyclic) bond motifs is 1. The van der Waals surface area contributed by atoms with Gasteiger partial charge in [0.2, 0.25) is 5.91 Å². The maximum absolute atomic E-state index is 12.2. The number of hydrogen-bond donors (Lipinski definition) is 2. The Balaban J connectivity index is 1.90. The highest BCUT2D eigenvalue weighted by atomic mass is 35.5. The molecular formula is C15H15ClN4O2. The number of benzene rings is 1. The molecule has 0 fully saturated rings. The Morgan fingerprint density at radius 2 is 2.05 bits per heavy atom. The number of rotatable bonds is 2. The molecule has 2 heterocycles. The summed E-state index contributed by atoms with van der Waals surface area (Å²) < 4.78 is 1.15. The molecule has 0 radical (unpaired) electrons. The smallest absolute Gasteiger partial charge is 0.287 e. The van der Waals surface area contributed by atoms with Crippen LogP contribution >= 0.6 is 11.6 Å². The molecule has 2 aromatic rings. The molecule has 3 rings (SSSR count). The summed E-state index contributed by atoms with van der Waals surface area (Å²) in [7, 11) is 1.52. The summed E-state index contributed by atoms with van der Waals surface area (Å²) in [6, 6.07) is 7.37. The van der Waals surface area contributed by atoms with E-state index >= 15 is 0 Å². The van der Waals surface area contributed by atoms with E-state index in [-0.39, 0.29) is 10.9 Å².